The Kier molecular flexibility index (Phi) is 7.63. The maximum Gasteiger partial charge on any atom is 0.322 e. The number of urea groups is 1. The van der Waals surface area contributed by atoms with E-state index in [-0.39, 0.29) is 11.8 Å². The van der Waals surface area contributed by atoms with Crippen LogP contribution in [0.15, 0.2) is 66.9 Å². The van der Waals surface area contributed by atoms with Crippen molar-refractivity contribution in [2.75, 3.05) is 25.6 Å². The molecule has 0 saturated carbocycles. The highest BCUT2D eigenvalue weighted by atomic mass is 19.1. The van der Waals surface area contributed by atoms with Gasteiger partial charge in [0.15, 0.2) is 0 Å². The van der Waals surface area contributed by atoms with Crippen molar-refractivity contribution >= 4 is 11.7 Å². The van der Waals surface area contributed by atoms with Gasteiger partial charge in [0.25, 0.3) is 0 Å². The van der Waals surface area contributed by atoms with Crippen LogP contribution in [-0.2, 0) is 17.8 Å². The fourth-order valence-corrected chi connectivity index (χ4v) is 3.35. The number of halogens is 1. The number of carbonyl (C=O) groups excluding carboxylic acids is 1. The third-order valence-corrected chi connectivity index (χ3v) is 4.85. The van der Waals surface area contributed by atoms with Gasteiger partial charge in [0.1, 0.15) is 5.82 Å². The monoisotopic (exact) mass is 409 g/mol. The van der Waals surface area contributed by atoms with Gasteiger partial charge in [0, 0.05) is 44.4 Å². The molecule has 3 aromatic rings. The van der Waals surface area contributed by atoms with Crippen molar-refractivity contribution in [1.82, 2.24) is 9.47 Å². The zero-order chi connectivity index (χ0) is 21.3. The van der Waals surface area contributed by atoms with Crippen LogP contribution in [0.2, 0.25) is 0 Å². The van der Waals surface area contributed by atoms with Crippen molar-refractivity contribution in [1.29, 1.82) is 0 Å². The highest BCUT2D eigenvalue weighted by Gasteiger charge is 2.16. The van der Waals surface area contributed by atoms with Crippen LogP contribution in [-0.4, -0.2) is 35.8 Å². The number of rotatable bonds is 9. The Hall–Kier alpha value is -3.12. The quantitative estimate of drug-likeness (QED) is 0.503. The van der Waals surface area contributed by atoms with E-state index < -0.39 is 0 Å². The Morgan fingerprint density at radius 2 is 1.97 bits per heavy atom. The third-order valence-electron chi connectivity index (χ3n) is 4.85. The number of nitrogens with one attached hydrogen (secondary N) is 1. The largest absolute Gasteiger partial charge is 0.385 e. The molecule has 158 valence electrons. The van der Waals surface area contributed by atoms with Crippen molar-refractivity contribution in [2.24, 2.45) is 0 Å². The number of amides is 2. The fraction of sp³-hybridized carbons (Fsp3) is 0.292. The molecular formula is C24H28FN3O2. The highest BCUT2D eigenvalue weighted by Crippen LogP contribution is 2.15. The van der Waals surface area contributed by atoms with Crippen molar-refractivity contribution in [3.8, 4) is 0 Å². The summed E-state index contributed by atoms with van der Waals surface area (Å²) in [5.41, 5.74) is 3.72. The number of aryl methyl sites for hydroxylation is 1. The normalized spacial score (nSPS) is 10.8. The van der Waals surface area contributed by atoms with Crippen LogP contribution in [0, 0.1) is 12.7 Å². The van der Waals surface area contributed by atoms with Gasteiger partial charge in [-0.2, -0.15) is 0 Å². The second-order valence-electron chi connectivity index (χ2n) is 7.32. The molecule has 0 bridgehead atoms. The molecule has 2 amide bonds. The van der Waals surface area contributed by atoms with Gasteiger partial charge in [0.2, 0.25) is 0 Å². The summed E-state index contributed by atoms with van der Waals surface area (Å²) in [5.74, 6) is -0.250. The molecule has 0 spiro atoms. The fourth-order valence-electron chi connectivity index (χ4n) is 3.35. The number of methoxy groups -OCH3 is 1. The first-order valence-electron chi connectivity index (χ1n) is 10.0. The first-order chi connectivity index (χ1) is 14.5. The zero-order valence-electron chi connectivity index (χ0n) is 17.5. The number of hydrogen-bond acceptors (Lipinski definition) is 2. The standard InChI is InChI=1S/C24H28FN3O2/c1-19-7-3-10-22(15-19)26-24(29)28(13-6-14-30-2)18-23-11-5-12-27(23)17-20-8-4-9-21(25)16-20/h3-5,7-12,15-16H,6,13-14,17-18H2,1-2H3,(H,26,29). The second-order valence-corrected chi connectivity index (χ2v) is 7.32. The van der Waals surface area contributed by atoms with E-state index in [0.29, 0.717) is 26.2 Å². The molecule has 1 N–H and O–H groups in total. The molecule has 30 heavy (non-hydrogen) atoms. The lowest BCUT2D eigenvalue weighted by Crippen LogP contribution is -2.36. The van der Waals surface area contributed by atoms with E-state index in [0.717, 1.165) is 28.9 Å². The molecule has 0 saturated heterocycles. The van der Waals surface area contributed by atoms with Gasteiger partial charge < -0.3 is 19.5 Å². The number of nitrogens with zero attached hydrogens (tertiary/aromatic N) is 2. The van der Waals surface area contributed by atoms with Gasteiger partial charge in [-0.15, -0.1) is 0 Å². The molecule has 0 atom stereocenters. The molecule has 5 nitrogen and oxygen atoms in total. The van der Waals surface area contributed by atoms with Crippen molar-refractivity contribution in [2.45, 2.75) is 26.4 Å². The topological polar surface area (TPSA) is 46.5 Å². The van der Waals surface area contributed by atoms with Crippen LogP contribution in [0.1, 0.15) is 23.2 Å². The smallest absolute Gasteiger partial charge is 0.322 e. The van der Waals surface area contributed by atoms with Gasteiger partial charge in [-0.25, -0.2) is 9.18 Å². The Balaban J connectivity index is 1.73. The van der Waals surface area contributed by atoms with E-state index in [4.69, 9.17) is 4.74 Å². The van der Waals surface area contributed by atoms with Crippen LogP contribution < -0.4 is 5.32 Å². The van der Waals surface area contributed by atoms with E-state index in [2.05, 4.69) is 5.32 Å². The lowest BCUT2D eigenvalue weighted by atomic mass is 10.2. The molecule has 6 heteroatoms. The lowest BCUT2D eigenvalue weighted by molar-refractivity contribution is 0.171. The number of benzene rings is 2. The van der Waals surface area contributed by atoms with E-state index in [9.17, 15) is 9.18 Å². The minimum atomic E-state index is -0.250. The SMILES string of the molecule is COCCCN(Cc1cccn1Cc1cccc(F)c1)C(=O)Nc1cccc(C)c1. The predicted molar refractivity (Wildman–Crippen MR) is 117 cm³/mol. The summed E-state index contributed by atoms with van der Waals surface area (Å²) in [6.07, 6.45) is 2.69. The molecule has 2 aromatic carbocycles. The molecule has 1 heterocycles. The molecule has 0 fully saturated rings. The highest BCUT2D eigenvalue weighted by molar-refractivity contribution is 5.89. The molecule has 0 unspecified atom stereocenters. The van der Waals surface area contributed by atoms with E-state index >= 15 is 0 Å². The zero-order valence-corrected chi connectivity index (χ0v) is 17.5. The van der Waals surface area contributed by atoms with Gasteiger partial charge in [-0.3, -0.25) is 0 Å². The Morgan fingerprint density at radius 3 is 2.73 bits per heavy atom. The third kappa shape index (κ3) is 6.19. The number of hydrogen-bond donors (Lipinski definition) is 1. The molecule has 1 aromatic heterocycles. The van der Waals surface area contributed by atoms with Crippen molar-refractivity contribution in [3.63, 3.8) is 0 Å². The summed E-state index contributed by atoms with van der Waals surface area (Å²) >= 11 is 0. The summed E-state index contributed by atoms with van der Waals surface area (Å²) in [6, 6.07) is 18.1. The van der Waals surface area contributed by atoms with Crippen LogP contribution >= 0.6 is 0 Å². The molecule has 0 radical (unpaired) electrons. The summed E-state index contributed by atoms with van der Waals surface area (Å²) in [5, 5.41) is 2.99. The van der Waals surface area contributed by atoms with E-state index in [1.807, 2.05) is 60.2 Å². The molecule has 0 aliphatic heterocycles. The van der Waals surface area contributed by atoms with Gasteiger partial charge in [0.05, 0.1) is 6.54 Å². The minimum absolute atomic E-state index is 0.157. The first kappa shape index (κ1) is 21.6. The predicted octanol–water partition coefficient (Wildman–Crippen LogP) is 5.05. The van der Waals surface area contributed by atoms with Gasteiger partial charge in [-0.05, 0) is 60.9 Å². The van der Waals surface area contributed by atoms with Gasteiger partial charge in [-0.1, -0.05) is 24.3 Å². The number of carbonyl (C=O) groups is 1. The Morgan fingerprint density at radius 1 is 1.13 bits per heavy atom. The lowest BCUT2D eigenvalue weighted by Gasteiger charge is -2.24. The van der Waals surface area contributed by atoms with Crippen LogP contribution in [0.4, 0.5) is 14.9 Å². The van der Waals surface area contributed by atoms with Gasteiger partial charge >= 0.3 is 6.03 Å². The molecular weight excluding hydrogens is 381 g/mol. The summed E-state index contributed by atoms with van der Waals surface area (Å²) in [7, 11) is 1.65. The first-order valence-corrected chi connectivity index (χ1v) is 10.0. The van der Waals surface area contributed by atoms with Crippen LogP contribution in [0.25, 0.3) is 0 Å². The maximum atomic E-state index is 13.5. The summed E-state index contributed by atoms with van der Waals surface area (Å²) in [6.45, 7) is 4.13. The summed E-state index contributed by atoms with van der Waals surface area (Å²) < 4.78 is 20.7. The van der Waals surface area contributed by atoms with E-state index in [1.54, 1.807) is 18.1 Å². The van der Waals surface area contributed by atoms with E-state index in [1.165, 1.54) is 12.1 Å². The number of anilines is 1. The summed E-state index contributed by atoms with van der Waals surface area (Å²) in [4.78, 5) is 14.8. The molecule has 0 aliphatic carbocycles. The Labute approximate surface area is 177 Å². The second kappa shape index (κ2) is 10.6. The number of ether oxygens (including phenoxy) is 1. The average Bonchev–Trinajstić information content (AvgIpc) is 3.14. The van der Waals surface area contributed by atoms with Crippen molar-refractivity contribution < 1.29 is 13.9 Å². The molecule has 0 aliphatic rings. The van der Waals surface area contributed by atoms with Crippen LogP contribution in [0.3, 0.4) is 0 Å². The van der Waals surface area contributed by atoms with Crippen LogP contribution in [0.5, 0.6) is 0 Å². The minimum Gasteiger partial charge on any atom is -0.385 e. The molecule has 3 rings (SSSR count). The van der Waals surface area contributed by atoms with Crippen molar-refractivity contribution in [3.05, 3.63) is 89.5 Å². The average molecular weight is 410 g/mol. The maximum absolute atomic E-state index is 13.5. The Bertz CT molecular complexity index is 970. The number of aromatic nitrogens is 1.